The summed E-state index contributed by atoms with van der Waals surface area (Å²) in [6.45, 7) is 2.50. The molecule has 2 aromatic carbocycles. The molecule has 0 bridgehead atoms. The number of carbonyl (C=O) groups excluding carboxylic acids is 1. The Hall–Kier alpha value is -2.92. The Morgan fingerprint density at radius 2 is 1.88 bits per heavy atom. The van der Waals surface area contributed by atoms with E-state index in [2.05, 4.69) is 34.5 Å². The van der Waals surface area contributed by atoms with Crippen molar-refractivity contribution in [3.05, 3.63) is 71.8 Å². The normalized spacial score (nSPS) is 17.6. The minimum Gasteiger partial charge on any atom is -0.366 e. The fourth-order valence-corrected chi connectivity index (χ4v) is 3.39. The minimum atomic E-state index is -0.422. The summed E-state index contributed by atoms with van der Waals surface area (Å²) in [6, 6.07) is 20.1. The van der Waals surface area contributed by atoms with E-state index >= 15 is 0 Å². The maximum absolute atomic E-state index is 11.9. The molecule has 1 unspecified atom stereocenters. The highest BCUT2D eigenvalue weighted by Crippen LogP contribution is 2.26. The van der Waals surface area contributed by atoms with Crippen LogP contribution >= 0.6 is 0 Å². The number of benzene rings is 2. The van der Waals surface area contributed by atoms with Gasteiger partial charge in [0.15, 0.2) is 0 Å². The SMILES string of the molecule is NC(=O)c1cc(N2CCNC(c3ccccc3)C2)nc2ccccc12. The molecule has 0 saturated carbocycles. The molecule has 1 aliphatic rings. The molecule has 126 valence electrons. The van der Waals surface area contributed by atoms with Crippen LogP contribution < -0.4 is 16.0 Å². The second kappa shape index (κ2) is 6.53. The molecule has 0 aliphatic carbocycles. The van der Waals surface area contributed by atoms with Gasteiger partial charge in [-0.2, -0.15) is 0 Å². The Morgan fingerprint density at radius 1 is 1.12 bits per heavy atom. The first kappa shape index (κ1) is 15.6. The zero-order valence-electron chi connectivity index (χ0n) is 13.9. The van der Waals surface area contributed by atoms with Crippen molar-refractivity contribution in [3.8, 4) is 0 Å². The molecule has 1 atom stereocenters. The van der Waals surface area contributed by atoms with Crippen LogP contribution in [0.5, 0.6) is 0 Å². The van der Waals surface area contributed by atoms with E-state index in [0.29, 0.717) is 5.56 Å². The van der Waals surface area contributed by atoms with Crippen LogP contribution in [0.1, 0.15) is 22.0 Å². The number of carbonyl (C=O) groups is 1. The second-order valence-corrected chi connectivity index (χ2v) is 6.27. The van der Waals surface area contributed by atoms with Crippen LogP contribution in [0.2, 0.25) is 0 Å². The largest absolute Gasteiger partial charge is 0.366 e. The Morgan fingerprint density at radius 3 is 2.68 bits per heavy atom. The molecule has 4 rings (SSSR count). The summed E-state index contributed by atoms with van der Waals surface area (Å²) >= 11 is 0. The number of nitrogens with zero attached hydrogens (tertiary/aromatic N) is 2. The van der Waals surface area contributed by atoms with Crippen LogP contribution in [0.3, 0.4) is 0 Å². The number of piperazine rings is 1. The van der Waals surface area contributed by atoms with Gasteiger partial charge in [-0.15, -0.1) is 0 Å². The van der Waals surface area contributed by atoms with Gasteiger partial charge in [0.05, 0.1) is 11.1 Å². The Labute approximate surface area is 146 Å². The van der Waals surface area contributed by atoms with E-state index in [1.807, 2.05) is 36.4 Å². The van der Waals surface area contributed by atoms with E-state index in [0.717, 1.165) is 36.4 Å². The minimum absolute atomic E-state index is 0.236. The topological polar surface area (TPSA) is 71.2 Å². The zero-order chi connectivity index (χ0) is 17.2. The molecule has 1 amide bonds. The first-order valence-electron chi connectivity index (χ1n) is 8.45. The summed E-state index contributed by atoms with van der Waals surface area (Å²) in [6.07, 6.45) is 0. The molecule has 1 fully saturated rings. The molecule has 3 N–H and O–H groups in total. The van der Waals surface area contributed by atoms with Crippen molar-refractivity contribution >= 4 is 22.6 Å². The lowest BCUT2D eigenvalue weighted by molar-refractivity contribution is 0.100. The van der Waals surface area contributed by atoms with Crippen molar-refractivity contribution in [3.63, 3.8) is 0 Å². The van der Waals surface area contributed by atoms with Gasteiger partial charge >= 0.3 is 0 Å². The number of nitrogens with one attached hydrogen (secondary N) is 1. The summed E-state index contributed by atoms with van der Waals surface area (Å²) in [5, 5.41) is 4.35. The van der Waals surface area contributed by atoms with E-state index in [9.17, 15) is 4.79 Å². The van der Waals surface area contributed by atoms with Crippen LogP contribution in [-0.4, -0.2) is 30.5 Å². The Bertz CT molecular complexity index is 910. The third kappa shape index (κ3) is 3.06. The average molecular weight is 332 g/mol. The average Bonchev–Trinajstić information content (AvgIpc) is 2.68. The maximum Gasteiger partial charge on any atom is 0.249 e. The van der Waals surface area contributed by atoms with Gasteiger partial charge in [-0.3, -0.25) is 4.79 Å². The third-order valence-electron chi connectivity index (χ3n) is 4.67. The lowest BCUT2D eigenvalue weighted by Crippen LogP contribution is -2.46. The smallest absolute Gasteiger partial charge is 0.249 e. The van der Waals surface area contributed by atoms with Gasteiger partial charge in [0, 0.05) is 31.1 Å². The molecule has 0 radical (unpaired) electrons. The van der Waals surface area contributed by atoms with Crippen molar-refractivity contribution < 1.29 is 4.79 Å². The number of hydrogen-bond acceptors (Lipinski definition) is 4. The third-order valence-corrected chi connectivity index (χ3v) is 4.67. The molecule has 3 aromatic rings. The Balaban J connectivity index is 1.70. The first-order valence-corrected chi connectivity index (χ1v) is 8.45. The fourth-order valence-electron chi connectivity index (χ4n) is 3.39. The lowest BCUT2D eigenvalue weighted by Gasteiger charge is -2.35. The van der Waals surface area contributed by atoms with E-state index in [1.165, 1.54) is 5.56 Å². The fraction of sp³-hybridized carbons (Fsp3) is 0.200. The highest BCUT2D eigenvalue weighted by Gasteiger charge is 2.23. The highest BCUT2D eigenvalue weighted by atomic mass is 16.1. The van der Waals surface area contributed by atoms with Crippen LogP contribution in [0.25, 0.3) is 10.9 Å². The number of aromatic nitrogens is 1. The van der Waals surface area contributed by atoms with E-state index in [4.69, 9.17) is 10.7 Å². The monoisotopic (exact) mass is 332 g/mol. The molecule has 1 saturated heterocycles. The van der Waals surface area contributed by atoms with Crippen molar-refractivity contribution in [1.29, 1.82) is 0 Å². The standard InChI is InChI=1S/C20H20N4O/c21-20(25)16-12-19(23-17-9-5-4-8-15(16)17)24-11-10-22-18(13-24)14-6-2-1-3-7-14/h1-9,12,18,22H,10-11,13H2,(H2,21,25). The summed E-state index contributed by atoms with van der Waals surface area (Å²) in [7, 11) is 0. The molecule has 1 aliphatic heterocycles. The van der Waals surface area contributed by atoms with E-state index in [1.54, 1.807) is 0 Å². The number of rotatable bonds is 3. The van der Waals surface area contributed by atoms with Gasteiger partial charge in [0.1, 0.15) is 5.82 Å². The summed E-state index contributed by atoms with van der Waals surface area (Å²) in [4.78, 5) is 18.9. The second-order valence-electron chi connectivity index (χ2n) is 6.27. The van der Waals surface area contributed by atoms with Gasteiger partial charge in [0.2, 0.25) is 5.91 Å². The van der Waals surface area contributed by atoms with Gasteiger partial charge in [-0.25, -0.2) is 4.98 Å². The highest BCUT2D eigenvalue weighted by molar-refractivity contribution is 6.06. The molecular formula is C20H20N4O. The number of hydrogen-bond donors (Lipinski definition) is 2. The van der Waals surface area contributed by atoms with Gasteiger partial charge < -0.3 is 16.0 Å². The molecule has 5 nitrogen and oxygen atoms in total. The molecule has 2 heterocycles. The van der Waals surface area contributed by atoms with E-state index in [-0.39, 0.29) is 6.04 Å². The van der Waals surface area contributed by atoms with Crippen LogP contribution in [-0.2, 0) is 0 Å². The molecule has 1 aromatic heterocycles. The van der Waals surface area contributed by atoms with Crippen LogP contribution in [0, 0.1) is 0 Å². The number of pyridine rings is 1. The maximum atomic E-state index is 11.9. The Kier molecular flexibility index (Phi) is 4.07. The van der Waals surface area contributed by atoms with Crippen LogP contribution in [0.15, 0.2) is 60.7 Å². The summed E-state index contributed by atoms with van der Waals surface area (Å²) in [5.41, 5.74) is 8.17. The number of fused-ring (bicyclic) bond motifs is 1. The number of anilines is 1. The first-order chi connectivity index (χ1) is 12.2. The van der Waals surface area contributed by atoms with Gasteiger partial charge in [0.25, 0.3) is 0 Å². The summed E-state index contributed by atoms with van der Waals surface area (Å²) < 4.78 is 0. The molecular weight excluding hydrogens is 312 g/mol. The zero-order valence-corrected chi connectivity index (χ0v) is 13.9. The quantitative estimate of drug-likeness (QED) is 0.773. The predicted molar refractivity (Wildman–Crippen MR) is 99.7 cm³/mol. The van der Waals surface area contributed by atoms with Crippen molar-refractivity contribution in [2.24, 2.45) is 5.73 Å². The van der Waals surface area contributed by atoms with Gasteiger partial charge in [-0.1, -0.05) is 48.5 Å². The molecule has 0 spiro atoms. The number of primary amides is 1. The molecule has 25 heavy (non-hydrogen) atoms. The predicted octanol–water partition coefficient (Wildman–Crippen LogP) is 2.48. The number of amides is 1. The van der Waals surface area contributed by atoms with Crippen molar-refractivity contribution in [1.82, 2.24) is 10.3 Å². The van der Waals surface area contributed by atoms with Gasteiger partial charge in [-0.05, 0) is 17.7 Å². The van der Waals surface area contributed by atoms with Crippen LogP contribution in [0.4, 0.5) is 5.82 Å². The lowest BCUT2D eigenvalue weighted by atomic mass is 10.0. The van der Waals surface area contributed by atoms with E-state index < -0.39 is 5.91 Å². The number of nitrogens with two attached hydrogens (primary N) is 1. The van der Waals surface area contributed by atoms with Crippen molar-refractivity contribution in [2.45, 2.75) is 6.04 Å². The number of para-hydroxylation sites is 1. The van der Waals surface area contributed by atoms with Crippen molar-refractivity contribution in [2.75, 3.05) is 24.5 Å². The molecule has 5 heteroatoms. The summed E-state index contributed by atoms with van der Waals surface area (Å²) in [5.74, 6) is 0.379.